The molecule has 0 radical (unpaired) electrons. The second kappa shape index (κ2) is 11.4. The van der Waals surface area contributed by atoms with E-state index in [4.69, 9.17) is 16.3 Å². The van der Waals surface area contributed by atoms with Gasteiger partial charge in [-0.1, -0.05) is 41.9 Å². The lowest BCUT2D eigenvalue weighted by Crippen LogP contribution is -2.55. The molecule has 0 spiro atoms. The average Bonchev–Trinajstić information content (AvgIpc) is 2.88. The van der Waals surface area contributed by atoms with Gasteiger partial charge in [0, 0.05) is 29.7 Å². The molecule has 3 aromatic rings. The Balaban J connectivity index is 1.45. The van der Waals surface area contributed by atoms with Crippen LogP contribution in [0.1, 0.15) is 29.8 Å². The molecule has 3 aromatic carbocycles. The van der Waals surface area contributed by atoms with E-state index in [0.29, 0.717) is 40.8 Å². The van der Waals surface area contributed by atoms with Gasteiger partial charge in [-0.3, -0.25) is 9.69 Å². The zero-order valence-corrected chi connectivity index (χ0v) is 20.8. The smallest absolute Gasteiger partial charge is 0.255 e. The molecule has 1 fully saturated rings. The quantitative estimate of drug-likeness (QED) is 0.435. The molecule has 0 aliphatic carbocycles. The molecular formula is C28H27ClFN3O3. The molecule has 0 aromatic heterocycles. The maximum Gasteiger partial charge on any atom is 0.255 e. The van der Waals surface area contributed by atoms with Gasteiger partial charge in [-0.25, -0.2) is 9.18 Å². The van der Waals surface area contributed by atoms with Crippen molar-refractivity contribution in [3.8, 4) is 5.75 Å². The first-order valence-electron chi connectivity index (χ1n) is 11.6. The van der Waals surface area contributed by atoms with E-state index in [2.05, 4.69) is 11.3 Å². The van der Waals surface area contributed by atoms with Gasteiger partial charge in [0.2, 0.25) is 0 Å². The Hall–Kier alpha value is -3.64. The Labute approximate surface area is 214 Å². The number of halogens is 2. The molecule has 1 saturated heterocycles. The van der Waals surface area contributed by atoms with E-state index in [1.54, 1.807) is 54.6 Å². The van der Waals surface area contributed by atoms with Gasteiger partial charge in [0.25, 0.3) is 5.91 Å². The highest BCUT2D eigenvalue weighted by molar-refractivity contribution is 6.31. The molecule has 36 heavy (non-hydrogen) atoms. The summed E-state index contributed by atoms with van der Waals surface area (Å²) in [5.41, 5.74) is 2.39. The average molecular weight is 508 g/mol. The largest absolute Gasteiger partial charge is 0.476 e. The molecular weight excluding hydrogens is 481 g/mol. The topological polar surface area (TPSA) is 61.9 Å². The molecule has 8 heteroatoms. The molecule has 1 aliphatic rings. The van der Waals surface area contributed by atoms with Crippen LogP contribution < -0.4 is 10.1 Å². The number of rotatable bonds is 7. The van der Waals surface area contributed by atoms with Crippen molar-refractivity contribution >= 4 is 29.1 Å². The normalized spacial score (nSPS) is 18.0. The number of carbonyl (C=O) groups excluding carboxylic acids is 2. The predicted octanol–water partition coefficient (Wildman–Crippen LogP) is 5.38. The van der Waals surface area contributed by atoms with Gasteiger partial charge >= 0.3 is 0 Å². The number of piperazine rings is 1. The first kappa shape index (κ1) is 25.5. The molecule has 1 N–H and O–H groups in total. The highest BCUT2D eigenvalue weighted by Crippen LogP contribution is 2.30. The zero-order chi connectivity index (χ0) is 25.7. The fraction of sp³-hybridized carbons (Fsp3) is 0.250. The third-order valence-electron chi connectivity index (χ3n) is 6.27. The highest BCUT2D eigenvalue weighted by atomic mass is 35.5. The molecule has 0 bridgehead atoms. The van der Waals surface area contributed by atoms with Crippen molar-refractivity contribution in [1.29, 1.82) is 0 Å². The number of nitrogens with one attached hydrogen (secondary N) is 1. The molecule has 4 rings (SSSR count). The summed E-state index contributed by atoms with van der Waals surface area (Å²) in [7, 11) is 0. The molecule has 1 amide bonds. The van der Waals surface area contributed by atoms with Crippen LogP contribution in [0.25, 0.3) is 0 Å². The van der Waals surface area contributed by atoms with Gasteiger partial charge in [-0.2, -0.15) is 0 Å². The summed E-state index contributed by atoms with van der Waals surface area (Å²) in [5.74, 6) is 2.00. The number of carbonyl (C=O) groups is 1. The Morgan fingerprint density at radius 2 is 1.83 bits per heavy atom. The van der Waals surface area contributed by atoms with Crippen LogP contribution in [-0.2, 0) is 11.3 Å². The highest BCUT2D eigenvalue weighted by Gasteiger charge is 2.34. The van der Waals surface area contributed by atoms with Crippen molar-refractivity contribution in [1.82, 2.24) is 9.80 Å². The van der Waals surface area contributed by atoms with Gasteiger partial charge in [0.05, 0.1) is 11.7 Å². The second-order valence-corrected chi connectivity index (χ2v) is 9.21. The Morgan fingerprint density at radius 3 is 2.53 bits per heavy atom. The third-order valence-corrected chi connectivity index (χ3v) is 6.50. The number of ether oxygens (including phenoxy) is 1. The van der Waals surface area contributed by atoms with Crippen LogP contribution in [0.2, 0.25) is 5.02 Å². The van der Waals surface area contributed by atoms with E-state index < -0.39 is 0 Å². The number of hydrogen-bond acceptors (Lipinski definition) is 5. The monoisotopic (exact) mass is 507 g/mol. The summed E-state index contributed by atoms with van der Waals surface area (Å²) in [6.07, 6.45) is 0. The van der Waals surface area contributed by atoms with E-state index >= 15 is 0 Å². The fourth-order valence-corrected chi connectivity index (χ4v) is 4.42. The molecule has 186 valence electrons. The Kier molecular flexibility index (Phi) is 8.06. The summed E-state index contributed by atoms with van der Waals surface area (Å²) < 4.78 is 19.4. The van der Waals surface area contributed by atoms with Crippen LogP contribution in [0.3, 0.4) is 0 Å². The van der Waals surface area contributed by atoms with Crippen molar-refractivity contribution in [2.75, 3.05) is 18.6 Å². The van der Waals surface area contributed by atoms with Crippen molar-refractivity contribution in [2.24, 2.45) is 0 Å². The Morgan fingerprint density at radius 1 is 1.11 bits per heavy atom. The van der Waals surface area contributed by atoms with E-state index in [9.17, 15) is 14.0 Å². The SMILES string of the molecule is C[C@@H]1C(=C=O)N(Cc2ccc(F)cc2)[C@@H](C)CN1COc1ccc(Cl)cc1NC(=O)c1ccccc1. The maximum absolute atomic E-state index is 13.3. The van der Waals surface area contributed by atoms with Gasteiger partial charge in [-0.15, -0.1) is 0 Å². The van der Waals surface area contributed by atoms with Crippen molar-refractivity contribution in [2.45, 2.75) is 32.5 Å². The second-order valence-electron chi connectivity index (χ2n) is 8.77. The van der Waals surface area contributed by atoms with Gasteiger partial charge in [0.15, 0.2) is 0 Å². The predicted molar refractivity (Wildman–Crippen MR) is 138 cm³/mol. The van der Waals surface area contributed by atoms with Crippen molar-refractivity contribution in [3.05, 3.63) is 100 Å². The standard InChI is InChI=1S/C28H27ClFN3O3/c1-19-15-32(20(2)26(17-34)33(19)16-21-8-11-24(30)12-9-21)18-36-27-13-10-23(29)14-25(27)31-28(35)22-6-4-3-5-7-22/h3-14,19-20H,15-16,18H2,1-2H3,(H,31,35)/t19-,20+/m0/s1. The maximum atomic E-state index is 13.3. The third kappa shape index (κ3) is 5.94. The number of benzene rings is 3. The number of nitrogens with zero attached hydrogens (tertiary/aromatic N) is 2. The first-order chi connectivity index (χ1) is 17.4. The van der Waals surface area contributed by atoms with Crippen LogP contribution in [-0.4, -0.2) is 47.0 Å². The van der Waals surface area contributed by atoms with Crippen LogP contribution in [0.15, 0.2) is 78.5 Å². The lowest BCUT2D eigenvalue weighted by molar-refractivity contribution is 0.0288. The zero-order valence-electron chi connectivity index (χ0n) is 20.1. The molecule has 0 saturated carbocycles. The summed E-state index contributed by atoms with van der Waals surface area (Å²) in [5, 5.41) is 3.33. The molecule has 1 aliphatic heterocycles. The lowest BCUT2D eigenvalue weighted by Gasteiger charge is -2.45. The van der Waals surface area contributed by atoms with Gasteiger partial charge < -0.3 is 15.0 Å². The summed E-state index contributed by atoms with van der Waals surface area (Å²) in [4.78, 5) is 28.6. The van der Waals surface area contributed by atoms with Crippen LogP contribution in [0.5, 0.6) is 5.75 Å². The number of amides is 1. The number of hydrogen-bond donors (Lipinski definition) is 1. The van der Waals surface area contributed by atoms with Crippen LogP contribution in [0, 0.1) is 5.82 Å². The Bertz CT molecular complexity index is 1260. The van der Waals surface area contributed by atoms with Gasteiger partial charge in [-0.05, 0) is 61.9 Å². The van der Waals surface area contributed by atoms with E-state index in [0.717, 1.165) is 5.56 Å². The minimum absolute atomic E-state index is 0.00576. The summed E-state index contributed by atoms with van der Waals surface area (Å²) >= 11 is 6.18. The minimum Gasteiger partial charge on any atom is -0.476 e. The van der Waals surface area contributed by atoms with Crippen LogP contribution in [0.4, 0.5) is 10.1 Å². The minimum atomic E-state index is -0.296. The van der Waals surface area contributed by atoms with Crippen LogP contribution >= 0.6 is 11.6 Å². The lowest BCUT2D eigenvalue weighted by atomic mass is 10.0. The van der Waals surface area contributed by atoms with Crippen molar-refractivity contribution < 1.29 is 18.7 Å². The number of anilines is 1. The molecule has 6 nitrogen and oxygen atoms in total. The van der Waals surface area contributed by atoms with E-state index in [-0.39, 0.29) is 30.5 Å². The summed E-state index contributed by atoms with van der Waals surface area (Å²) in [6, 6.07) is 19.9. The molecule has 1 heterocycles. The van der Waals surface area contributed by atoms with E-state index in [1.807, 2.05) is 29.7 Å². The molecule has 0 unspecified atom stereocenters. The molecule has 2 atom stereocenters. The fourth-order valence-electron chi connectivity index (χ4n) is 4.24. The van der Waals surface area contributed by atoms with E-state index in [1.165, 1.54) is 12.1 Å². The van der Waals surface area contributed by atoms with Gasteiger partial charge in [0.1, 0.15) is 29.9 Å². The van der Waals surface area contributed by atoms with Crippen molar-refractivity contribution in [3.63, 3.8) is 0 Å². The summed E-state index contributed by atoms with van der Waals surface area (Å²) in [6.45, 7) is 5.25. The first-order valence-corrected chi connectivity index (χ1v) is 12.0.